The molecule has 88 valence electrons. The smallest absolute Gasteiger partial charge is 0.362 e. The number of hydrogen-bond donors (Lipinski definition) is 1. The standard InChI is InChI=1S/C11H9FN2O3/c1-17-11(16)10-9(15)6-14(13-10)8-4-2-7(12)3-5-8/h2-6,15H,1H3. The summed E-state index contributed by atoms with van der Waals surface area (Å²) in [4.78, 5) is 11.2. The molecule has 0 amide bonds. The van der Waals surface area contributed by atoms with Gasteiger partial charge in [0, 0.05) is 0 Å². The molecule has 0 saturated carbocycles. The molecule has 0 unspecified atom stereocenters. The van der Waals surface area contributed by atoms with Gasteiger partial charge in [0.05, 0.1) is 19.0 Å². The average Bonchev–Trinajstić information content (AvgIpc) is 2.71. The molecule has 0 aliphatic carbocycles. The van der Waals surface area contributed by atoms with E-state index in [2.05, 4.69) is 9.84 Å². The van der Waals surface area contributed by atoms with E-state index in [9.17, 15) is 14.3 Å². The number of aromatic nitrogens is 2. The molecule has 0 radical (unpaired) electrons. The minimum atomic E-state index is -0.733. The summed E-state index contributed by atoms with van der Waals surface area (Å²) in [5.74, 6) is -1.40. The number of carbonyl (C=O) groups excluding carboxylic acids is 1. The number of esters is 1. The van der Waals surface area contributed by atoms with Crippen LogP contribution in [0.5, 0.6) is 5.75 Å². The van der Waals surface area contributed by atoms with Gasteiger partial charge in [-0.3, -0.25) is 0 Å². The zero-order valence-corrected chi connectivity index (χ0v) is 8.92. The minimum Gasteiger partial charge on any atom is -0.504 e. The Morgan fingerprint density at radius 3 is 2.65 bits per heavy atom. The van der Waals surface area contributed by atoms with E-state index in [-0.39, 0.29) is 17.3 Å². The molecule has 17 heavy (non-hydrogen) atoms. The van der Waals surface area contributed by atoms with Crippen LogP contribution in [-0.4, -0.2) is 28.0 Å². The van der Waals surface area contributed by atoms with Crippen LogP contribution in [0.4, 0.5) is 4.39 Å². The van der Waals surface area contributed by atoms with Crippen molar-refractivity contribution >= 4 is 5.97 Å². The van der Waals surface area contributed by atoms with Crippen molar-refractivity contribution in [2.45, 2.75) is 0 Å². The minimum absolute atomic E-state index is 0.183. The van der Waals surface area contributed by atoms with E-state index < -0.39 is 5.97 Å². The van der Waals surface area contributed by atoms with Crippen molar-refractivity contribution in [3.63, 3.8) is 0 Å². The summed E-state index contributed by atoms with van der Waals surface area (Å²) >= 11 is 0. The third-order valence-electron chi connectivity index (χ3n) is 2.16. The van der Waals surface area contributed by atoms with Crippen molar-refractivity contribution in [1.82, 2.24) is 9.78 Å². The van der Waals surface area contributed by atoms with Gasteiger partial charge in [0.15, 0.2) is 5.75 Å². The molecule has 2 rings (SSSR count). The van der Waals surface area contributed by atoms with Crippen LogP contribution in [-0.2, 0) is 4.74 Å². The monoisotopic (exact) mass is 236 g/mol. The number of carbonyl (C=O) groups is 1. The Morgan fingerprint density at radius 2 is 2.06 bits per heavy atom. The van der Waals surface area contributed by atoms with Crippen molar-refractivity contribution in [3.8, 4) is 11.4 Å². The zero-order valence-electron chi connectivity index (χ0n) is 8.92. The maximum atomic E-state index is 12.7. The fourth-order valence-corrected chi connectivity index (χ4v) is 1.33. The molecular weight excluding hydrogens is 227 g/mol. The van der Waals surface area contributed by atoms with Gasteiger partial charge >= 0.3 is 5.97 Å². The first-order valence-electron chi connectivity index (χ1n) is 4.74. The summed E-state index contributed by atoms with van der Waals surface area (Å²) in [5, 5.41) is 13.3. The number of hydrogen-bond acceptors (Lipinski definition) is 4. The van der Waals surface area contributed by atoms with Gasteiger partial charge in [-0.15, -0.1) is 0 Å². The van der Waals surface area contributed by atoms with Crippen LogP contribution in [0.3, 0.4) is 0 Å². The molecule has 5 nitrogen and oxygen atoms in total. The number of nitrogens with zero attached hydrogens (tertiary/aromatic N) is 2. The third-order valence-corrected chi connectivity index (χ3v) is 2.16. The van der Waals surface area contributed by atoms with Gasteiger partial charge < -0.3 is 9.84 Å². The fraction of sp³-hybridized carbons (Fsp3) is 0.0909. The molecule has 0 spiro atoms. The molecule has 0 saturated heterocycles. The number of benzene rings is 1. The maximum absolute atomic E-state index is 12.7. The second-order valence-electron chi connectivity index (χ2n) is 3.28. The SMILES string of the molecule is COC(=O)c1nn(-c2ccc(F)cc2)cc1O. The van der Waals surface area contributed by atoms with Crippen molar-refractivity contribution < 1.29 is 19.0 Å². The van der Waals surface area contributed by atoms with Crippen molar-refractivity contribution in [2.24, 2.45) is 0 Å². The number of rotatable bonds is 2. The highest BCUT2D eigenvalue weighted by molar-refractivity contribution is 5.90. The topological polar surface area (TPSA) is 64.3 Å². The second-order valence-corrected chi connectivity index (χ2v) is 3.28. The predicted molar refractivity (Wildman–Crippen MR) is 56.5 cm³/mol. The van der Waals surface area contributed by atoms with E-state index >= 15 is 0 Å². The Hall–Kier alpha value is -2.37. The quantitative estimate of drug-likeness (QED) is 0.802. The van der Waals surface area contributed by atoms with E-state index in [0.29, 0.717) is 5.69 Å². The average molecular weight is 236 g/mol. The van der Waals surface area contributed by atoms with Gasteiger partial charge in [-0.2, -0.15) is 5.10 Å². The first-order valence-corrected chi connectivity index (χ1v) is 4.74. The first kappa shape index (κ1) is 11.1. The number of methoxy groups -OCH3 is 1. The summed E-state index contributed by atoms with van der Waals surface area (Å²) in [5.41, 5.74) is 0.341. The lowest BCUT2D eigenvalue weighted by atomic mass is 10.3. The number of halogens is 1. The third kappa shape index (κ3) is 2.10. The van der Waals surface area contributed by atoms with Crippen molar-refractivity contribution in [2.75, 3.05) is 7.11 Å². The lowest BCUT2D eigenvalue weighted by molar-refractivity contribution is 0.0590. The van der Waals surface area contributed by atoms with Gasteiger partial charge in [-0.25, -0.2) is 13.9 Å². The highest BCUT2D eigenvalue weighted by atomic mass is 19.1. The van der Waals surface area contributed by atoms with Crippen LogP contribution in [0.25, 0.3) is 5.69 Å². The Morgan fingerprint density at radius 1 is 1.41 bits per heavy atom. The van der Waals surface area contributed by atoms with Gasteiger partial charge in [0.25, 0.3) is 0 Å². The zero-order chi connectivity index (χ0) is 12.4. The van der Waals surface area contributed by atoms with E-state index in [0.717, 1.165) is 0 Å². The molecule has 0 fully saturated rings. The Kier molecular flexibility index (Phi) is 2.78. The van der Waals surface area contributed by atoms with Gasteiger partial charge in [0.2, 0.25) is 5.69 Å². The first-order chi connectivity index (χ1) is 8.11. The molecule has 0 aliphatic rings. The van der Waals surface area contributed by atoms with Gasteiger partial charge in [-0.05, 0) is 24.3 Å². The van der Waals surface area contributed by atoms with E-state index in [4.69, 9.17) is 0 Å². The molecule has 1 heterocycles. The molecule has 0 bridgehead atoms. The van der Waals surface area contributed by atoms with E-state index in [1.165, 1.54) is 42.3 Å². The van der Waals surface area contributed by atoms with Crippen LogP contribution >= 0.6 is 0 Å². The van der Waals surface area contributed by atoms with Gasteiger partial charge in [-0.1, -0.05) is 0 Å². The predicted octanol–water partition coefficient (Wildman–Crippen LogP) is 1.50. The Balaban J connectivity index is 2.41. The summed E-state index contributed by atoms with van der Waals surface area (Å²) in [6.45, 7) is 0. The lowest BCUT2D eigenvalue weighted by Crippen LogP contribution is -2.04. The second kappa shape index (κ2) is 4.25. The Bertz CT molecular complexity index is 548. The molecule has 6 heteroatoms. The number of ether oxygens (including phenoxy) is 1. The highest BCUT2D eigenvalue weighted by Crippen LogP contribution is 2.18. The van der Waals surface area contributed by atoms with Crippen molar-refractivity contribution in [1.29, 1.82) is 0 Å². The summed E-state index contributed by atoms with van der Waals surface area (Å²) < 4.78 is 18.4. The highest BCUT2D eigenvalue weighted by Gasteiger charge is 2.17. The Labute approximate surface area is 96.1 Å². The lowest BCUT2D eigenvalue weighted by Gasteiger charge is -1.99. The summed E-state index contributed by atoms with van der Waals surface area (Å²) in [7, 11) is 1.19. The summed E-state index contributed by atoms with van der Waals surface area (Å²) in [6.07, 6.45) is 1.25. The van der Waals surface area contributed by atoms with Crippen molar-refractivity contribution in [3.05, 3.63) is 42.0 Å². The van der Waals surface area contributed by atoms with E-state index in [1.54, 1.807) is 0 Å². The molecule has 0 aliphatic heterocycles. The molecule has 0 atom stereocenters. The molecule has 2 aromatic rings. The van der Waals surface area contributed by atoms with E-state index in [1.807, 2.05) is 0 Å². The van der Waals surface area contributed by atoms with Crippen LogP contribution in [0.2, 0.25) is 0 Å². The maximum Gasteiger partial charge on any atom is 0.362 e. The molecule has 1 aromatic heterocycles. The normalized spacial score (nSPS) is 10.2. The van der Waals surface area contributed by atoms with Crippen LogP contribution in [0.15, 0.2) is 30.5 Å². The van der Waals surface area contributed by atoms with Crippen LogP contribution in [0.1, 0.15) is 10.5 Å². The largest absolute Gasteiger partial charge is 0.504 e. The molecule has 1 N–H and O–H groups in total. The van der Waals surface area contributed by atoms with Crippen LogP contribution < -0.4 is 0 Å². The number of aromatic hydroxyl groups is 1. The summed E-state index contributed by atoms with van der Waals surface area (Å²) in [6, 6.07) is 5.46. The van der Waals surface area contributed by atoms with Crippen LogP contribution in [0, 0.1) is 5.82 Å². The van der Waals surface area contributed by atoms with Gasteiger partial charge in [0.1, 0.15) is 5.82 Å². The fourth-order valence-electron chi connectivity index (χ4n) is 1.33. The molecule has 1 aromatic carbocycles. The molecular formula is C11H9FN2O3.